The van der Waals surface area contributed by atoms with Crippen molar-refractivity contribution in [2.45, 2.75) is 31.0 Å². The van der Waals surface area contributed by atoms with E-state index in [0.29, 0.717) is 12.8 Å². The van der Waals surface area contributed by atoms with Crippen molar-refractivity contribution in [3.63, 3.8) is 0 Å². The van der Waals surface area contributed by atoms with Gasteiger partial charge in [-0.25, -0.2) is 9.18 Å². The highest BCUT2D eigenvalue weighted by atomic mass is 19.1. The number of carbonyl (C=O) groups is 2. The summed E-state index contributed by atoms with van der Waals surface area (Å²) in [5, 5.41) is 0. The molecule has 2 fully saturated rings. The molecule has 2 aliphatic heterocycles. The fourth-order valence-electron chi connectivity index (χ4n) is 2.43. The molecule has 14 heavy (non-hydrogen) atoms. The van der Waals surface area contributed by atoms with Crippen molar-refractivity contribution in [1.82, 2.24) is 4.90 Å². The largest absolute Gasteiger partial charge is 0.467 e. The molecule has 0 bridgehead atoms. The summed E-state index contributed by atoms with van der Waals surface area (Å²) in [6, 6.07) is 0. The second-order valence-electron chi connectivity index (χ2n) is 3.83. The molecule has 5 heteroatoms. The van der Waals surface area contributed by atoms with E-state index in [9.17, 15) is 14.0 Å². The van der Waals surface area contributed by atoms with Gasteiger partial charge in [-0.15, -0.1) is 0 Å². The van der Waals surface area contributed by atoms with Crippen LogP contribution >= 0.6 is 0 Å². The molecule has 0 spiro atoms. The van der Waals surface area contributed by atoms with Gasteiger partial charge in [-0.2, -0.15) is 0 Å². The molecule has 0 N–H and O–H groups in total. The van der Waals surface area contributed by atoms with Gasteiger partial charge < -0.3 is 9.64 Å². The van der Waals surface area contributed by atoms with Crippen molar-refractivity contribution in [3.8, 4) is 0 Å². The van der Waals surface area contributed by atoms with Crippen LogP contribution in [0.25, 0.3) is 0 Å². The fraction of sp³-hybridized carbons (Fsp3) is 0.778. The van der Waals surface area contributed by atoms with Gasteiger partial charge in [0.05, 0.1) is 13.7 Å². The number of fused-ring (bicyclic) bond motifs is 1. The predicted molar refractivity (Wildman–Crippen MR) is 45.2 cm³/mol. The lowest BCUT2D eigenvalue weighted by Gasteiger charge is -2.27. The third-order valence-electron chi connectivity index (χ3n) is 3.08. The quantitative estimate of drug-likeness (QED) is 0.572. The van der Waals surface area contributed by atoms with Crippen LogP contribution in [-0.4, -0.2) is 42.1 Å². The standard InChI is InChI=1S/C9H12FNO3/c1-14-8(13)9-3-2-7(12)11(9)5-6(10)4-9/h6H,2-5H2,1H3/t6-,9+/m0/s1. The molecule has 2 heterocycles. The Bertz CT molecular complexity index is 294. The lowest BCUT2D eigenvalue weighted by molar-refractivity contribution is -0.155. The zero-order valence-electron chi connectivity index (χ0n) is 7.96. The first kappa shape index (κ1) is 9.43. The van der Waals surface area contributed by atoms with E-state index in [0.717, 1.165) is 0 Å². The second kappa shape index (κ2) is 2.93. The Balaban J connectivity index is 2.31. The molecule has 2 rings (SSSR count). The zero-order valence-corrected chi connectivity index (χ0v) is 7.96. The van der Waals surface area contributed by atoms with Gasteiger partial charge in [-0.05, 0) is 6.42 Å². The Morgan fingerprint density at radius 1 is 1.71 bits per heavy atom. The van der Waals surface area contributed by atoms with Crippen molar-refractivity contribution in [2.75, 3.05) is 13.7 Å². The summed E-state index contributed by atoms with van der Waals surface area (Å²) in [5.41, 5.74) is -0.995. The highest BCUT2D eigenvalue weighted by Crippen LogP contribution is 2.41. The van der Waals surface area contributed by atoms with Crippen LogP contribution < -0.4 is 0 Å². The zero-order chi connectivity index (χ0) is 10.3. The molecule has 2 saturated heterocycles. The molecule has 1 amide bonds. The van der Waals surface area contributed by atoms with Crippen LogP contribution in [0.2, 0.25) is 0 Å². The van der Waals surface area contributed by atoms with Crippen molar-refractivity contribution >= 4 is 11.9 Å². The Morgan fingerprint density at radius 3 is 3.07 bits per heavy atom. The number of methoxy groups -OCH3 is 1. The number of carbonyl (C=O) groups excluding carboxylic acids is 2. The minimum absolute atomic E-state index is 0.0356. The van der Waals surface area contributed by atoms with E-state index in [1.165, 1.54) is 12.0 Å². The molecule has 2 aliphatic rings. The van der Waals surface area contributed by atoms with Crippen molar-refractivity contribution in [3.05, 3.63) is 0 Å². The highest BCUT2D eigenvalue weighted by molar-refractivity contribution is 5.92. The molecular formula is C9H12FNO3. The Kier molecular flexibility index (Phi) is 1.97. The maximum Gasteiger partial charge on any atom is 0.331 e. The minimum atomic E-state index is -1.10. The van der Waals surface area contributed by atoms with Gasteiger partial charge in [0, 0.05) is 12.8 Å². The molecule has 0 saturated carbocycles. The Labute approximate surface area is 81.0 Å². The molecule has 0 aromatic rings. The molecule has 0 aromatic heterocycles. The van der Waals surface area contributed by atoms with Crippen molar-refractivity contribution in [2.24, 2.45) is 0 Å². The molecule has 0 radical (unpaired) electrons. The molecule has 78 valence electrons. The van der Waals surface area contributed by atoms with Crippen LogP contribution in [0, 0.1) is 0 Å². The number of esters is 1. The summed E-state index contributed by atoms with van der Waals surface area (Å²) in [4.78, 5) is 24.2. The van der Waals surface area contributed by atoms with Crippen LogP contribution in [0.4, 0.5) is 4.39 Å². The molecular weight excluding hydrogens is 189 g/mol. The third kappa shape index (κ3) is 1.04. The number of rotatable bonds is 1. The van der Waals surface area contributed by atoms with Crippen LogP contribution in [0.3, 0.4) is 0 Å². The Morgan fingerprint density at radius 2 is 2.43 bits per heavy atom. The van der Waals surface area contributed by atoms with Crippen LogP contribution in [-0.2, 0) is 14.3 Å². The molecule has 4 nitrogen and oxygen atoms in total. The number of nitrogens with zero attached hydrogens (tertiary/aromatic N) is 1. The Hall–Kier alpha value is -1.13. The molecule has 2 atom stereocenters. The van der Waals surface area contributed by atoms with Gasteiger partial charge in [0.1, 0.15) is 11.7 Å². The third-order valence-corrected chi connectivity index (χ3v) is 3.08. The van der Waals surface area contributed by atoms with Crippen molar-refractivity contribution < 1.29 is 18.7 Å². The summed E-state index contributed by atoms with van der Waals surface area (Å²) in [5.74, 6) is -0.626. The van der Waals surface area contributed by atoms with Gasteiger partial charge in [0.15, 0.2) is 0 Å². The number of hydrogen-bond acceptors (Lipinski definition) is 3. The molecule has 0 aromatic carbocycles. The van der Waals surface area contributed by atoms with E-state index >= 15 is 0 Å². The van der Waals surface area contributed by atoms with Crippen LogP contribution in [0.5, 0.6) is 0 Å². The first-order valence-electron chi connectivity index (χ1n) is 4.63. The number of ether oxygens (including phenoxy) is 1. The smallest absolute Gasteiger partial charge is 0.331 e. The van der Waals surface area contributed by atoms with Gasteiger partial charge in [-0.1, -0.05) is 0 Å². The average molecular weight is 201 g/mol. The lowest BCUT2D eigenvalue weighted by atomic mass is 9.94. The van der Waals surface area contributed by atoms with Gasteiger partial charge >= 0.3 is 5.97 Å². The summed E-state index contributed by atoms with van der Waals surface area (Å²) in [6.45, 7) is 0.0356. The number of halogens is 1. The number of amides is 1. The summed E-state index contributed by atoms with van der Waals surface area (Å²) >= 11 is 0. The average Bonchev–Trinajstić information content (AvgIpc) is 2.64. The van der Waals surface area contributed by atoms with Crippen LogP contribution in [0.15, 0.2) is 0 Å². The van der Waals surface area contributed by atoms with E-state index < -0.39 is 17.7 Å². The van der Waals surface area contributed by atoms with Gasteiger partial charge in [-0.3, -0.25) is 4.79 Å². The van der Waals surface area contributed by atoms with E-state index in [1.54, 1.807) is 0 Å². The topological polar surface area (TPSA) is 46.6 Å². The van der Waals surface area contributed by atoms with E-state index in [4.69, 9.17) is 0 Å². The van der Waals surface area contributed by atoms with Gasteiger partial charge in [0.2, 0.25) is 5.91 Å². The van der Waals surface area contributed by atoms with E-state index in [1.807, 2.05) is 0 Å². The summed E-state index contributed by atoms with van der Waals surface area (Å²) < 4.78 is 17.8. The van der Waals surface area contributed by atoms with Gasteiger partial charge in [0.25, 0.3) is 0 Å². The predicted octanol–water partition coefficient (Wildman–Crippen LogP) is 0.262. The lowest BCUT2D eigenvalue weighted by Crippen LogP contribution is -2.47. The second-order valence-corrected chi connectivity index (χ2v) is 3.83. The number of alkyl halides is 1. The maximum atomic E-state index is 13.2. The van der Waals surface area contributed by atoms with Crippen LogP contribution in [0.1, 0.15) is 19.3 Å². The fourth-order valence-corrected chi connectivity index (χ4v) is 2.43. The SMILES string of the molecule is COC(=O)[C@]12CCC(=O)N1C[C@@H](F)C2. The first-order valence-corrected chi connectivity index (χ1v) is 4.63. The van der Waals surface area contributed by atoms with Crippen molar-refractivity contribution in [1.29, 1.82) is 0 Å². The highest BCUT2D eigenvalue weighted by Gasteiger charge is 2.57. The summed E-state index contributed by atoms with van der Waals surface area (Å²) in [6.07, 6.45) is -0.301. The first-order chi connectivity index (χ1) is 6.60. The molecule has 0 aliphatic carbocycles. The number of hydrogen-bond donors (Lipinski definition) is 0. The normalized spacial score (nSPS) is 36.0. The minimum Gasteiger partial charge on any atom is -0.467 e. The van der Waals surface area contributed by atoms with E-state index in [-0.39, 0.29) is 18.9 Å². The maximum absolute atomic E-state index is 13.2. The summed E-state index contributed by atoms with van der Waals surface area (Å²) in [7, 11) is 1.27. The van der Waals surface area contributed by atoms with E-state index in [2.05, 4.69) is 4.74 Å². The molecule has 0 unspecified atom stereocenters. The monoisotopic (exact) mass is 201 g/mol.